The quantitative estimate of drug-likeness (QED) is 0.590. The van der Waals surface area contributed by atoms with Gasteiger partial charge in [-0.05, 0) is 53.6 Å². The number of rotatable bonds is 6. The second-order valence-corrected chi connectivity index (χ2v) is 6.17. The Morgan fingerprint density at radius 2 is 2.12 bits per heavy atom. The van der Waals surface area contributed by atoms with Crippen molar-refractivity contribution in [3.05, 3.63) is 58.7 Å². The SMILES string of the molecule is C=C/C(=C\C=C(/C)c1c(Br)c2ccc(OCC)cc2n1C)C(N)=O. The molecule has 1 aromatic carbocycles. The monoisotopic (exact) mass is 388 g/mol. The number of hydrogen-bond acceptors (Lipinski definition) is 2. The zero-order chi connectivity index (χ0) is 17.9. The van der Waals surface area contributed by atoms with Crippen molar-refractivity contribution in [2.45, 2.75) is 13.8 Å². The van der Waals surface area contributed by atoms with Crippen molar-refractivity contribution in [3.8, 4) is 5.75 Å². The van der Waals surface area contributed by atoms with E-state index in [2.05, 4.69) is 27.1 Å². The molecule has 0 aliphatic rings. The van der Waals surface area contributed by atoms with Crippen LogP contribution in [0.3, 0.4) is 0 Å². The van der Waals surface area contributed by atoms with Gasteiger partial charge in [0.05, 0.1) is 22.3 Å². The summed E-state index contributed by atoms with van der Waals surface area (Å²) in [6.45, 7) is 8.18. The molecular weight excluding hydrogens is 368 g/mol. The second-order valence-electron chi connectivity index (χ2n) is 5.37. The van der Waals surface area contributed by atoms with E-state index in [1.54, 1.807) is 6.08 Å². The molecule has 0 saturated carbocycles. The average molecular weight is 389 g/mol. The maximum atomic E-state index is 11.3. The van der Waals surface area contributed by atoms with Crippen molar-refractivity contribution < 1.29 is 9.53 Å². The highest BCUT2D eigenvalue weighted by Crippen LogP contribution is 2.36. The van der Waals surface area contributed by atoms with E-state index in [9.17, 15) is 4.79 Å². The molecular formula is C19H21BrN2O2. The first-order chi connectivity index (χ1) is 11.4. The van der Waals surface area contributed by atoms with Crippen LogP contribution in [0, 0.1) is 0 Å². The Labute approximate surface area is 150 Å². The van der Waals surface area contributed by atoms with E-state index in [-0.39, 0.29) is 0 Å². The van der Waals surface area contributed by atoms with Crippen LogP contribution < -0.4 is 10.5 Å². The van der Waals surface area contributed by atoms with Gasteiger partial charge in [-0.25, -0.2) is 0 Å². The molecule has 1 heterocycles. The summed E-state index contributed by atoms with van der Waals surface area (Å²) in [4.78, 5) is 11.3. The first-order valence-electron chi connectivity index (χ1n) is 7.62. The van der Waals surface area contributed by atoms with Gasteiger partial charge < -0.3 is 15.0 Å². The van der Waals surface area contributed by atoms with E-state index < -0.39 is 5.91 Å². The zero-order valence-corrected chi connectivity index (χ0v) is 15.7. The Kier molecular flexibility index (Phi) is 5.67. The number of fused-ring (bicyclic) bond motifs is 1. The number of allylic oxidation sites excluding steroid dienone is 3. The van der Waals surface area contributed by atoms with Crippen molar-refractivity contribution >= 4 is 38.3 Å². The average Bonchev–Trinajstić information content (AvgIpc) is 2.79. The molecule has 0 atom stereocenters. The van der Waals surface area contributed by atoms with E-state index >= 15 is 0 Å². The van der Waals surface area contributed by atoms with Crippen LogP contribution in [0.4, 0.5) is 0 Å². The summed E-state index contributed by atoms with van der Waals surface area (Å²) in [6.07, 6.45) is 5.00. The summed E-state index contributed by atoms with van der Waals surface area (Å²) in [6, 6.07) is 6.02. The van der Waals surface area contributed by atoms with Gasteiger partial charge in [0.15, 0.2) is 0 Å². The fourth-order valence-electron chi connectivity index (χ4n) is 2.61. The number of benzene rings is 1. The Hall–Kier alpha value is -2.27. The molecule has 2 rings (SSSR count). The predicted octanol–water partition coefficient (Wildman–Crippen LogP) is 4.34. The van der Waals surface area contributed by atoms with Crippen LogP contribution in [0.25, 0.3) is 16.5 Å². The van der Waals surface area contributed by atoms with Crippen molar-refractivity contribution in [2.24, 2.45) is 12.8 Å². The highest BCUT2D eigenvalue weighted by atomic mass is 79.9. The molecule has 5 heteroatoms. The molecule has 1 amide bonds. The summed E-state index contributed by atoms with van der Waals surface area (Å²) < 4.78 is 8.68. The Balaban J connectivity index is 2.56. The number of amides is 1. The molecule has 0 fully saturated rings. The van der Waals surface area contributed by atoms with E-state index in [0.717, 1.165) is 32.4 Å². The van der Waals surface area contributed by atoms with Crippen LogP contribution >= 0.6 is 15.9 Å². The Morgan fingerprint density at radius 1 is 1.42 bits per heavy atom. The lowest BCUT2D eigenvalue weighted by Crippen LogP contribution is -2.11. The molecule has 2 N–H and O–H groups in total. The summed E-state index contributed by atoms with van der Waals surface area (Å²) in [5, 5.41) is 1.10. The number of nitrogens with two attached hydrogens (primary N) is 1. The highest BCUT2D eigenvalue weighted by Gasteiger charge is 2.15. The van der Waals surface area contributed by atoms with Crippen LogP contribution in [0.1, 0.15) is 19.5 Å². The third kappa shape index (κ3) is 3.46. The largest absolute Gasteiger partial charge is 0.494 e. The van der Waals surface area contributed by atoms with E-state index in [0.29, 0.717) is 12.2 Å². The number of ether oxygens (including phenoxy) is 1. The number of primary amides is 1. The third-order valence-corrected chi connectivity index (χ3v) is 4.61. The van der Waals surface area contributed by atoms with Gasteiger partial charge in [-0.2, -0.15) is 0 Å². The minimum Gasteiger partial charge on any atom is -0.494 e. The smallest absolute Gasteiger partial charge is 0.248 e. The number of carbonyl (C=O) groups excluding carboxylic acids is 1. The lowest BCUT2D eigenvalue weighted by Gasteiger charge is -2.06. The number of carbonyl (C=O) groups is 1. The fraction of sp³-hybridized carbons (Fsp3) is 0.211. The lowest BCUT2D eigenvalue weighted by molar-refractivity contribution is -0.114. The molecule has 0 saturated heterocycles. The van der Waals surface area contributed by atoms with Gasteiger partial charge in [0, 0.05) is 24.1 Å². The third-order valence-electron chi connectivity index (χ3n) is 3.81. The van der Waals surface area contributed by atoms with Gasteiger partial charge in [0.2, 0.25) is 5.91 Å². The number of halogens is 1. The maximum absolute atomic E-state index is 11.3. The molecule has 0 radical (unpaired) electrons. The molecule has 2 aromatic rings. The van der Waals surface area contributed by atoms with E-state index in [1.807, 2.05) is 45.2 Å². The fourth-order valence-corrected chi connectivity index (χ4v) is 3.52. The summed E-state index contributed by atoms with van der Waals surface area (Å²) in [5.41, 5.74) is 8.78. The number of aryl methyl sites for hydroxylation is 1. The number of aromatic nitrogens is 1. The van der Waals surface area contributed by atoms with E-state index in [4.69, 9.17) is 10.5 Å². The molecule has 0 spiro atoms. The zero-order valence-electron chi connectivity index (χ0n) is 14.1. The first kappa shape index (κ1) is 18.1. The van der Waals surface area contributed by atoms with Gasteiger partial charge in [-0.3, -0.25) is 4.79 Å². The van der Waals surface area contributed by atoms with Crippen molar-refractivity contribution in [3.63, 3.8) is 0 Å². The summed E-state index contributed by atoms with van der Waals surface area (Å²) in [5.74, 6) is 0.348. The molecule has 0 bridgehead atoms. The normalized spacial score (nSPS) is 12.5. The predicted molar refractivity (Wildman–Crippen MR) is 103 cm³/mol. The van der Waals surface area contributed by atoms with E-state index in [1.165, 1.54) is 6.08 Å². The van der Waals surface area contributed by atoms with Gasteiger partial charge in [0.1, 0.15) is 5.75 Å². The van der Waals surface area contributed by atoms with Crippen LogP contribution in [-0.2, 0) is 11.8 Å². The van der Waals surface area contributed by atoms with Crippen molar-refractivity contribution in [2.75, 3.05) is 6.61 Å². The van der Waals surface area contributed by atoms with Crippen molar-refractivity contribution in [1.82, 2.24) is 4.57 Å². The molecule has 4 nitrogen and oxygen atoms in total. The first-order valence-corrected chi connectivity index (χ1v) is 8.41. The van der Waals surface area contributed by atoms with Crippen LogP contribution in [0.2, 0.25) is 0 Å². The van der Waals surface area contributed by atoms with Crippen LogP contribution in [-0.4, -0.2) is 17.1 Å². The second kappa shape index (κ2) is 7.53. The van der Waals surface area contributed by atoms with Crippen LogP contribution in [0.15, 0.2) is 53.1 Å². The van der Waals surface area contributed by atoms with Crippen molar-refractivity contribution in [1.29, 1.82) is 0 Å². The van der Waals surface area contributed by atoms with Gasteiger partial charge in [0.25, 0.3) is 0 Å². The van der Waals surface area contributed by atoms with Gasteiger partial charge in [-0.15, -0.1) is 0 Å². The number of nitrogens with zero attached hydrogens (tertiary/aromatic N) is 1. The maximum Gasteiger partial charge on any atom is 0.248 e. The minimum absolute atomic E-state index is 0.378. The molecule has 0 unspecified atom stereocenters. The summed E-state index contributed by atoms with van der Waals surface area (Å²) in [7, 11) is 2.00. The minimum atomic E-state index is -0.494. The standard InChI is InChI=1S/C19H21BrN2O2/c1-5-13(19(21)23)8-7-12(3)18-17(20)15-10-9-14(24-6-2)11-16(15)22(18)4/h5,7-11H,1,6H2,2-4H3,(H2,21,23)/b12-7+,13-8+. The number of hydrogen-bond donors (Lipinski definition) is 1. The topological polar surface area (TPSA) is 57.2 Å². The Morgan fingerprint density at radius 3 is 2.71 bits per heavy atom. The summed E-state index contributed by atoms with van der Waals surface area (Å²) >= 11 is 3.68. The molecule has 0 aliphatic carbocycles. The Bertz CT molecular complexity index is 860. The molecule has 0 aliphatic heterocycles. The van der Waals surface area contributed by atoms with Crippen LogP contribution in [0.5, 0.6) is 5.75 Å². The van der Waals surface area contributed by atoms with Gasteiger partial charge in [-0.1, -0.05) is 18.7 Å². The highest BCUT2D eigenvalue weighted by molar-refractivity contribution is 9.10. The molecule has 126 valence electrons. The van der Waals surface area contributed by atoms with Gasteiger partial charge >= 0.3 is 0 Å². The molecule has 1 aromatic heterocycles. The molecule has 24 heavy (non-hydrogen) atoms. The lowest BCUT2D eigenvalue weighted by atomic mass is 10.1.